The second-order valence-electron chi connectivity index (χ2n) is 4.59. The van der Waals surface area contributed by atoms with Gasteiger partial charge in [-0.1, -0.05) is 23.7 Å². The molecule has 100 valence electrons. The quantitative estimate of drug-likeness (QED) is 0.918. The molecule has 18 heavy (non-hydrogen) atoms. The van der Waals surface area contributed by atoms with Gasteiger partial charge in [-0.3, -0.25) is 0 Å². The lowest BCUT2D eigenvalue weighted by Crippen LogP contribution is -2.42. The Morgan fingerprint density at radius 2 is 2.22 bits per heavy atom. The van der Waals surface area contributed by atoms with E-state index in [1.54, 1.807) is 6.07 Å². The summed E-state index contributed by atoms with van der Waals surface area (Å²) < 4.78 is 28.5. The topological polar surface area (TPSA) is 69.4 Å². The molecule has 1 aromatic rings. The van der Waals surface area contributed by atoms with Gasteiger partial charge in [-0.2, -0.15) is 0 Å². The van der Waals surface area contributed by atoms with Crippen LogP contribution in [-0.2, 0) is 21.2 Å². The molecule has 1 aliphatic heterocycles. The Labute approximate surface area is 112 Å². The van der Waals surface area contributed by atoms with Crippen molar-refractivity contribution in [1.82, 2.24) is 0 Å². The maximum absolute atomic E-state index is 11.6. The van der Waals surface area contributed by atoms with Gasteiger partial charge in [0.15, 0.2) is 0 Å². The summed E-state index contributed by atoms with van der Waals surface area (Å²) in [4.78, 5) is 0. The first-order chi connectivity index (χ1) is 8.47. The molecule has 0 radical (unpaired) electrons. The number of benzene rings is 1. The molecule has 0 saturated carbocycles. The molecule has 0 aromatic heterocycles. The van der Waals surface area contributed by atoms with Gasteiger partial charge in [-0.15, -0.1) is 0 Å². The Kier molecular flexibility index (Phi) is 4.27. The highest BCUT2D eigenvalue weighted by Crippen LogP contribution is 2.25. The third kappa shape index (κ3) is 3.45. The number of sulfonamides is 1. The molecule has 1 aromatic carbocycles. The largest absolute Gasteiger partial charge is 0.381 e. The highest BCUT2D eigenvalue weighted by atomic mass is 35.5. The van der Waals surface area contributed by atoms with Crippen LogP contribution in [0.25, 0.3) is 0 Å². The third-order valence-corrected chi connectivity index (χ3v) is 4.91. The molecule has 1 fully saturated rings. The molecule has 2 atom stereocenters. The second kappa shape index (κ2) is 5.57. The molecular weight excluding hydrogens is 274 g/mol. The van der Waals surface area contributed by atoms with E-state index in [-0.39, 0.29) is 5.92 Å². The molecule has 2 N–H and O–H groups in total. The number of rotatable bonds is 3. The van der Waals surface area contributed by atoms with E-state index >= 15 is 0 Å². The highest BCUT2D eigenvalue weighted by molar-refractivity contribution is 7.89. The van der Waals surface area contributed by atoms with Crippen molar-refractivity contribution < 1.29 is 13.2 Å². The number of halogens is 1. The lowest BCUT2D eigenvalue weighted by molar-refractivity contribution is 0.0572. The molecule has 0 spiro atoms. The summed E-state index contributed by atoms with van der Waals surface area (Å²) in [7, 11) is -3.52. The standard InChI is InChI=1S/C12H16ClNO3S/c13-11-3-1-2-9(7-11)6-10-8-17-5-4-12(10)18(14,15)16/h1-3,7,10,12H,4-6,8H2,(H2,14,15,16)/t10-,12+/m1/s1. The van der Waals surface area contributed by atoms with Crippen LogP contribution in [-0.4, -0.2) is 26.9 Å². The molecule has 1 saturated heterocycles. The molecule has 0 unspecified atom stereocenters. The molecule has 0 aliphatic carbocycles. The lowest BCUT2D eigenvalue weighted by Gasteiger charge is -2.29. The Hall–Kier alpha value is -0.620. The van der Waals surface area contributed by atoms with Crippen molar-refractivity contribution in [1.29, 1.82) is 0 Å². The van der Waals surface area contributed by atoms with E-state index in [4.69, 9.17) is 21.5 Å². The molecule has 4 nitrogen and oxygen atoms in total. The smallest absolute Gasteiger partial charge is 0.212 e. The number of ether oxygens (including phenoxy) is 1. The third-order valence-electron chi connectivity index (χ3n) is 3.21. The summed E-state index contributed by atoms with van der Waals surface area (Å²) in [5.41, 5.74) is 1.01. The van der Waals surface area contributed by atoms with E-state index in [0.717, 1.165) is 5.56 Å². The number of hydrogen-bond acceptors (Lipinski definition) is 3. The zero-order valence-electron chi connectivity index (χ0n) is 9.88. The first-order valence-electron chi connectivity index (χ1n) is 5.80. The van der Waals surface area contributed by atoms with Crippen LogP contribution in [0.3, 0.4) is 0 Å². The van der Waals surface area contributed by atoms with Crippen LogP contribution in [0.15, 0.2) is 24.3 Å². The Balaban J connectivity index is 2.15. The maximum Gasteiger partial charge on any atom is 0.212 e. The molecule has 1 heterocycles. The minimum atomic E-state index is -3.52. The zero-order valence-corrected chi connectivity index (χ0v) is 11.5. The molecule has 1 aliphatic rings. The Bertz CT molecular complexity index is 518. The van der Waals surface area contributed by atoms with Gasteiger partial charge in [0, 0.05) is 17.5 Å². The van der Waals surface area contributed by atoms with Gasteiger partial charge >= 0.3 is 0 Å². The number of nitrogens with two attached hydrogens (primary N) is 1. The number of hydrogen-bond donors (Lipinski definition) is 1. The van der Waals surface area contributed by atoms with E-state index in [9.17, 15) is 8.42 Å². The van der Waals surface area contributed by atoms with Crippen molar-refractivity contribution in [3.63, 3.8) is 0 Å². The van der Waals surface area contributed by atoms with Crippen molar-refractivity contribution >= 4 is 21.6 Å². The van der Waals surface area contributed by atoms with Crippen LogP contribution in [0.2, 0.25) is 5.02 Å². The van der Waals surface area contributed by atoms with Gasteiger partial charge in [0.1, 0.15) is 0 Å². The van der Waals surface area contributed by atoms with Crippen molar-refractivity contribution in [2.24, 2.45) is 11.1 Å². The average molecular weight is 290 g/mol. The Morgan fingerprint density at radius 1 is 1.44 bits per heavy atom. The van der Waals surface area contributed by atoms with Gasteiger partial charge in [-0.25, -0.2) is 13.6 Å². The maximum atomic E-state index is 11.6. The van der Waals surface area contributed by atoms with Crippen LogP contribution in [0.1, 0.15) is 12.0 Å². The fourth-order valence-electron chi connectivity index (χ4n) is 2.37. The molecule has 6 heteroatoms. The number of primary sulfonamides is 1. The first-order valence-corrected chi connectivity index (χ1v) is 7.79. The van der Waals surface area contributed by atoms with E-state index in [1.165, 1.54) is 0 Å². The molecule has 0 bridgehead atoms. The molecular formula is C12H16ClNO3S. The summed E-state index contributed by atoms with van der Waals surface area (Å²) in [5, 5.41) is 5.40. The minimum absolute atomic E-state index is 0.104. The van der Waals surface area contributed by atoms with Crippen LogP contribution < -0.4 is 5.14 Å². The van der Waals surface area contributed by atoms with E-state index in [2.05, 4.69) is 0 Å². The summed E-state index contributed by atoms with van der Waals surface area (Å²) in [6.45, 7) is 0.876. The normalized spacial score (nSPS) is 25.0. The SMILES string of the molecule is NS(=O)(=O)[C@H]1CCOC[C@H]1Cc1cccc(Cl)c1. The van der Waals surface area contributed by atoms with Crippen molar-refractivity contribution in [3.05, 3.63) is 34.9 Å². The minimum Gasteiger partial charge on any atom is -0.381 e. The summed E-state index contributed by atoms with van der Waals surface area (Å²) in [6.07, 6.45) is 1.08. The van der Waals surface area contributed by atoms with Gasteiger partial charge in [0.05, 0.1) is 11.9 Å². The molecule has 0 amide bonds. The van der Waals surface area contributed by atoms with E-state index in [1.807, 2.05) is 18.2 Å². The van der Waals surface area contributed by atoms with E-state index in [0.29, 0.717) is 31.1 Å². The first kappa shape index (κ1) is 13.8. The summed E-state index contributed by atoms with van der Waals surface area (Å²) in [6, 6.07) is 7.42. The fraction of sp³-hybridized carbons (Fsp3) is 0.500. The van der Waals surface area contributed by atoms with Gasteiger partial charge in [0.2, 0.25) is 10.0 Å². The van der Waals surface area contributed by atoms with Crippen molar-refractivity contribution in [2.75, 3.05) is 13.2 Å². The van der Waals surface area contributed by atoms with Crippen LogP contribution >= 0.6 is 11.6 Å². The second-order valence-corrected chi connectivity index (χ2v) is 6.81. The van der Waals surface area contributed by atoms with Gasteiger partial charge in [-0.05, 0) is 30.5 Å². The lowest BCUT2D eigenvalue weighted by atomic mass is 9.94. The van der Waals surface area contributed by atoms with Crippen molar-refractivity contribution in [3.8, 4) is 0 Å². The van der Waals surface area contributed by atoms with Crippen LogP contribution in [0.5, 0.6) is 0 Å². The highest BCUT2D eigenvalue weighted by Gasteiger charge is 2.33. The average Bonchev–Trinajstić information content (AvgIpc) is 2.28. The fourth-order valence-corrected chi connectivity index (χ4v) is 3.72. The summed E-state index contributed by atoms with van der Waals surface area (Å²) in [5.74, 6) is -0.104. The van der Waals surface area contributed by atoms with Crippen molar-refractivity contribution in [2.45, 2.75) is 18.1 Å². The Morgan fingerprint density at radius 3 is 2.89 bits per heavy atom. The van der Waals surface area contributed by atoms with Crippen LogP contribution in [0, 0.1) is 5.92 Å². The predicted octanol–water partition coefficient (Wildman–Crippen LogP) is 1.58. The predicted molar refractivity (Wildman–Crippen MR) is 71.0 cm³/mol. The van der Waals surface area contributed by atoms with E-state index < -0.39 is 15.3 Å². The molecule has 2 rings (SSSR count). The van der Waals surface area contributed by atoms with Gasteiger partial charge in [0.25, 0.3) is 0 Å². The zero-order chi connectivity index (χ0) is 13.2. The monoisotopic (exact) mass is 289 g/mol. The summed E-state index contributed by atoms with van der Waals surface area (Å²) >= 11 is 5.91. The van der Waals surface area contributed by atoms with Crippen LogP contribution in [0.4, 0.5) is 0 Å². The van der Waals surface area contributed by atoms with Gasteiger partial charge < -0.3 is 4.74 Å².